The van der Waals surface area contributed by atoms with Crippen LogP contribution < -0.4 is 0 Å². The van der Waals surface area contributed by atoms with E-state index in [4.69, 9.17) is 18.9 Å². The summed E-state index contributed by atoms with van der Waals surface area (Å²) in [5, 5.41) is 20.9. The Morgan fingerprint density at radius 2 is 0.664 bits per heavy atom. The van der Waals surface area contributed by atoms with Crippen molar-refractivity contribution in [3.63, 3.8) is 0 Å². The van der Waals surface area contributed by atoms with Crippen molar-refractivity contribution in [1.82, 2.24) is 0 Å². The van der Waals surface area contributed by atoms with Crippen LogP contribution in [0.1, 0.15) is 316 Å². The molecule has 14 rings (SSSR count). The van der Waals surface area contributed by atoms with E-state index in [-0.39, 0.29) is 44.7 Å². The van der Waals surface area contributed by atoms with Gasteiger partial charge in [-0.1, -0.05) is 210 Å². The van der Waals surface area contributed by atoms with Crippen LogP contribution in [0.25, 0.3) is 0 Å². The highest BCUT2D eigenvalue weighted by Crippen LogP contribution is 2.63. The van der Waals surface area contributed by atoms with E-state index < -0.39 is 12.2 Å². The van der Waals surface area contributed by atoms with Gasteiger partial charge in [0.25, 0.3) is 0 Å². The Morgan fingerprint density at radius 1 is 0.319 bits per heavy atom. The van der Waals surface area contributed by atoms with Crippen LogP contribution in [-0.4, -0.2) is 308 Å². The summed E-state index contributed by atoms with van der Waals surface area (Å²) in [6.07, 6.45) is 37.5. The second kappa shape index (κ2) is 59.1. The first-order valence-electron chi connectivity index (χ1n) is 47.4. The van der Waals surface area contributed by atoms with Crippen molar-refractivity contribution in [1.29, 1.82) is 0 Å². The number of rotatable bonds is 4. The number of hydrogen-bond acceptors (Lipinski definition) is 6. The number of fused-ring (bicyclic) bond motifs is 1. The van der Waals surface area contributed by atoms with Crippen molar-refractivity contribution in [3.8, 4) is 0 Å². The first kappa shape index (κ1) is 119. The van der Waals surface area contributed by atoms with Gasteiger partial charge in [-0.05, 0) is 343 Å². The summed E-state index contributed by atoms with van der Waals surface area (Å²) in [6, 6.07) is 0. The van der Waals surface area contributed by atoms with Gasteiger partial charge in [-0.25, -0.2) is 0 Å². The average Bonchev–Trinajstić information content (AvgIpc) is 1.61. The molecule has 0 amide bonds. The molecule has 14 fully saturated rings. The van der Waals surface area contributed by atoms with Gasteiger partial charge in [0.05, 0.1) is 49.3 Å². The van der Waals surface area contributed by atoms with E-state index >= 15 is 0 Å². The molecule has 696 valence electrons. The van der Waals surface area contributed by atoms with Crippen LogP contribution in [0.2, 0.25) is 0 Å². The van der Waals surface area contributed by atoms with Crippen molar-refractivity contribution in [2.45, 2.75) is 464 Å². The Hall–Kier alpha value is 5.35. The third-order valence-corrected chi connectivity index (χ3v) is 72.2. The largest absolute Gasteiger partial charge is 0.390 e. The van der Waals surface area contributed by atoms with Crippen LogP contribution in [0.5, 0.6) is 0 Å². The quantitative estimate of drug-likeness (QED) is 0.273. The fourth-order valence-electron chi connectivity index (χ4n) is 18.1. The van der Waals surface area contributed by atoms with Gasteiger partial charge in [-0.15, -0.1) is 79.2 Å². The van der Waals surface area contributed by atoms with E-state index in [0.29, 0.717) is 117 Å². The highest BCUT2D eigenvalue weighted by Gasteiger charge is 2.53. The summed E-state index contributed by atoms with van der Waals surface area (Å²) in [6.45, 7) is 97.4. The van der Waals surface area contributed by atoms with Gasteiger partial charge in [0.15, 0.2) is 0 Å². The summed E-state index contributed by atoms with van der Waals surface area (Å²) in [4.78, 5) is 0. The molecule has 0 aliphatic carbocycles. The van der Waals surface area contributed by atoms with Crippen LogP contribution in [0, 0.1) is 5.92 Å². The van der Waals surface area contributed by atoms with Crippen molar-refractivity contribution < 1.29 is 29.2 Å². The first-order valence-corrected chi connectivity index (χ1v) is 72.9. The van der Waals surface area contributed by atoms with Crippen LogP contribution in [0.15, 0.2) is 0 Å². The zero-order valence-electron chi connectivity index (χ0n) is 84.1. The van der Waals surface area contributed by atoms with Crippen LogP contribution in [0.4, 0.5) is 0 Å². The Balaban J connectivity index is 0.000000632. The molecule has 0 aromatic rings. The molecule has 14 saturated heterocycles. The topological polar surface area (TPSA) is 77.4 Å². The van der Waals surface area contributed by atoms with Crippen molar-refractivity contribution in [2.24, 2.45) is 5.92 Å². The molecule has 19 heteroatoms. The van der Waals surface area contributed by atoms with Gasteiger partial charge in [0.1, 0.15) is 0 Å². The highest BCUT2D eigenvalue weighted by molar-refractivity contribution is 7.62. The lowest BCUT2D eigenvalue weighted by Gasteiger charge is -2.42. The maximum Gasteiger partial charge on any atom is 0.0907 e. The summed E-state index contributed by atoms with van der Waals surface area (Å²) in [7, 11) is 4.26. The molecule has 0 aromatic heterocycles. The van der Waals surface area contributed by atoms with Gasteiger partial charge in [0.2, 0.25) is 0 Å². The summed E-state index contributed by atoms with van der Waals surface area (Å²) in [5.41, 5.74) is 15.1. The molecule has 30 atom stereocenters. The van der Waals surface area contributed by atoms with Gasteiger partial charge in [-0.2, -0.15) is 0 Å². The third kappa shape index (κ3) is 40.4. The molecule has 14 aliphatic heterocycles. The molecule has 0 spiro atoms. The standard InChI is InChI=1S/C11H23O2P.C11H21OP.2C8H17P.C7H15O2P.C7H15OP.3C7H15P.3C6H13P.C5H11P.CH4/c1-6-12-10-8(3)14(5)9(4)11(10)13-7-2;1-7-9-6-11(3,4)12-10(9)8(2)13(7)5;1-8(2)6-4-5-7-9(8)3;1-7-5-4-6-8(2)9(7)3;1-4-6(8)7(9)5(2)10(4)3;1-6-4-8-5-7(2)9(6)3;1-7(2)5-4-6-8(7)3;1-6-4-5-7(2)8(6)3;1-7-5-3-4-6-8(7)2;1-6(2)4-5-7(6)3;1-5-4-6(2)7(5)3;1-6-4-3-5-7(6)2;1-5-3-4-6(5)2;/h8-11H,6-7H2,1-5H3;7-10H,6H2,1-5H3;4-7H2,1-3H3;7-8H,4-6H2,1-3H3;4-9H,1-3H3;6-7H,4-5H2,1-3H3;4-6H2,1-3H3;6-7H,4-5H2,1-3H3;7H,3-6H2,1-2H3;4-5H2,1-3H3;5-6H,4H2,1-3H3;6H,3-5H2,1-2H3;5H,3-4H2,1-2H3;1H4/t8-,9-,10+,11+;7-,8-,9+,10+,13?;;7-,8-;4-,5-,6+,7+;6-,7-;;6-,7-;7-,8?;;5-,6-;6-,7?;5-,6?;/m00.000.00.000./s1. The van der Waals surface area contributed by atoms with Gasteiger partial charge >= 0.3 is 0 Å². The zero-order valence-corrected chi connectivity index (χ0v) is 95.8. The van der Waals surface area contributed by atoms with E-state index in [1.54, 1.807) is 0 Å². The minimum absolute atomic E-state index is 0. The zero-order chi connectivity index (χ0) is 88.1. The van der Waals surface area contributed by atoms with Crippen LogP contribution >= 0.6 is 103 Å². The third-order valence-electron chi connectivity index (χ3n) is 31.7. The molecule has 14 aliphatic rings. The Kier molecular flexibility index (Phi) is 60.8. The lowest BCUT2D eigenvalue weighted by atomic mass is 9.91. The molecule has 7 unspecified atom stereocenters. The summed E-state index contributed by atoms with van der Waals surface area (Å²) in [5.74, 6) is 0.848. The molecule has 6 nitrogen and oxygen atoms in total. The normalized spacial score (nSPS) is 42.5. The van der Waals surface area contributed by atoms with Gasteiger partial charge in [0, 0.05) is 41.5 Å². The van der Waals surface area contributed by atoms with Gasteiger partial charge in [-0.3, -0.25) is 0 Å². The van der Waals surface area contributed by atoms with Crippen molar-refractivity contribution in [2.75, 3.05) is 150 Å². The van der Waals surface area contributed by atoms with E-state index in [0.717, 1.165) is 116 Å². The minimum atomic E-state index is -0.480. The maximum atomic E-state index is 9.37. The minimum Gasteiger partial charge on any atom is -0.390 e. The van der Waals surface area contributed by atoms with Crippen LogP contribution in [-0.2, 0) is 18.9 Å². The average molecular weight is 1870 g/mol. The number of ether oxygens (including phenoxy) is 4. The van der Waals surface area contributed by atoms with E-state index in [1.165, 1.54) is 159 Å². The van der Waals surface area contributed by atoms with Crippen LogP contribution in [0.3, 0.4) is 0 Å². The summed E-state index contributed by atoms with van der Waals surface area (Å²) < 4.78 is 23.1. The second-order valence-corrected chi connectivity index (χ2v) is 80.6. The predicted molar refractivity (Wildman–Crippen MR) is 570 cm³/mol. The SMILES string of the molecule is C.CCO[C@H]1[C@H](OCC)[C@H](C)P(C)[C@H]1C.CP1CCC1(C)C.CP1CCCC1(C)C.CP1CCCCC1(C)C.C[C@H]1CCCCP1C.C[C@H]1CCCP1C.C[C@H]1CCC[C@H](C)P1C.C[C@H]1CCP1C.C[C@H]1CC[C@H](C)P1C.C[C@H]1COC[C@H](C)P1C.C[C@H]1C[C@H](C)P1C.C[C@H]1[C@@H](O)[C@H](O)[C@H](C)P1C.C[C@H]1[C@H]2CC(C)(C)O[C@@H]2[C@H](C)P1C. The predicted octanol–water partition coefficient (Wildman–Crippen LogP) is 31.8. The maximum absolute atomic E-state index is 9.37. The molecular formula is C97H207O6P13. The van der Waals surface area contributed by atoms with Crippen molar-refractivity contribution in [3.05, 3.63) is 0 Å². The molecule has 0 aromatic carbocycles. The van der Waals surface area contributed by atoms with Gasteiger partial charge < -0.3 is 29.2 Å². The fraction of sp³-hybridized carbons (Fsp3) is 1.00. The number of aliphatic hydroxyl groups is 2. The smallest absolute Gasteiger partial charge is 0.0907 e. The summed E-state index contributed by atoms with van der Waals surface area (Å²) >= 11 is 0. The van der Waals surface area contributed by atoms with E-state index in [1.807, 2.05) is 13.8 Å². The molecule has 14 heterocycles. The fourth-order valence-corrected chi connectivity index (χ4v) is 42.1. The highest BCUT2D eigenvalue weighted by atomic mass is 31.1. The monoisotopic (exact) mass is 1870 g/mol. The number of hydrogen-bond donors (Lipinski definition) is 2. The number of aliphatic hydroxyl groups excluding tert-OH is 2. The molecule has 0 bridgehead atoms. The Morgan fingerprint density at radius 3 is 0.897 bits per heavy atom. The molecule has 116 heavy (non-hydrogen) atoms. The van der Waals surface area contributed by atoms with E-state index in [9.17, 15) is 10.2 Å². The second-order valence-electron chi connectivity index (χ2n) is 41.6. The Labute approximate surface area is 746 Å². The first-order chi connectivity index (χ1) is 53.3. The molecular weight excluding hydrogens is 1660 g/mol. The molecule has 2 N–H and O–H groups in total. The van der Waals surface area contributed by atoms with E-state index in [2.05, 4.69) is 260 Å². The Bertz CT molecular complexity index is 2330. The lowest BCUT2D eigenvalue weighted by molar-refractivity contribution is -0.0565. The lowest BCUT2D eigenvalue weighted by Crippen LogP contribution is -2.36. The molecule has 0 radical (unpaired) electrons. The molecule has 0 saturated carbocycles. The van der Waals surface area contributed by atoms with Crippen molar-refractivity contribution >= 4 is 103 Å².